The van der Waals surface area contributed by atoms with Crippen molar-refractivity contribution in [3.8, 4) is 6.07 Å². The number of nitrogens with zero attached hydrogens (tertiary/aromatic N) is 1. The molecule has 1 unspecified atom stereocenters. The Hall–Kier alpha value is -1.08. The minimum atomic E-state index is -0.794. The van der Waals surface area contributed by atoms with Crippen LogP contribution in [0.5, 0.6) is 0 Å². The Bertz CT molecular complexity index is 275. The molecule has 1 amide bonds. The molecule has 1 atom stereocenters. The second-order valence-electron chi connectivity index (χ2n) is 4.60. The molecule has 4 heteroatoms. The van der Waals surface area contributed by atoms with Crippen LogP contribution in [0.25, 0.3) is 0 Å². The highest BCUT2D eigenvalue weighted by atomic mass is 16.3. The third-order valence-electron chi connectivity index (χ3n) is 2.89. The number of rotatable bonds is 4. The van der Waals surface area contributed by atoms with Gasteiger partial charge in [-0.1, -0.05) is 6.92 Å². The maximum Gasteiger partial charge on any atom is 0.240 e. The summed E-state index contributed by atoms with van der Waals surface area (Å²) in [6.45, 7) is 4.16. The molecule has 0 aromatic carbocycles. The third-order valence-corrected chi connectivity index (χ3v) is 2.89. The van der Waals surface area contributed by atoms with Gasteiger partial charge in [-0.15, -0.1) is 0 Å². The van der Waals surface area contributed by atoms with E-state index >= 15 is 0 Å². The van der Waals surface area contributed by atoms with Crippen LogP contribution in [-0.4, -0.2) is 23.7 Å². The molecule has 0 spiro atoms. The first-order chi connectivity index (χ1) is 7.00. The molecule has 0 radical (unpaired) electrons. The molecular weight excluding hydrogens is 192 g/mol. The molecule has 0 heterocycles. The standard InChI is InChI=1S/C11H18N2O2/c1-8-5-11(6-8,7-12)10(15)13-4-3-9(2)14/h8-9,14H,3-6H2,1-2H3,(H,13,15). The summed E-state index contributed by atoms with van der Waals surface area (Å²) in [7, 11) is 0. The molecule has 0 bridgehead atoms. The van der Waals surface area contributed by atoms with Crippen molar-refractivity contribution >= 4 is 5.91 Å². The quantitative estimate of drug-likeness (QED) is 0.721. The second kappa shape index (κ2) is 4.63. The van der Waals surface area contributed by atoms with Crippen molar-refractivity contribution < 1.29 is 9.90 Å². The summed E-state index contributed by atoms with van der Waals surface area (Å²) in [6.07, 6.45) is 1.43. The summed E-state index contributed by atoms with van der Waals surface area (Å²) in [5, 5.41) is 20.7. The van der Waals surface area contributed by atoms with Crippen molar-refractivity contribution in [2.24, 2.45) is 11.3 Å². The Kier molecular flexibility index (Phi) is 3.70. The van der Waals surface area contributed by atoms with Crippen LogP contribution >= 0.6 is 0 Å². The molecule has 84 valence electrons. The van der Waals surface area contributed by atoms with Crippen molar-refractivity contribution in [2.45, 2.75) is 39.2 Å². The molecule has 1 saturated carbocycles. The van der Waals surface area contributed by atoms with Gasteiger partial charge in [0.2, 0.25) is 5.91 Å². The first-order valence-corrected chi connectivity index (χ1v) is 5.38. The lowest BCUT2D eigenvalue weighted by molar-refractivity contribution is -0.134. The zero-order chi connectivity index (χ0) is 11.5. The van der Waals surface area contributed by atoms with Gasteiger partial charge in [0.25, 0.3) is 0 Å². The van der Waals surface area contributed by atoms with Crippen molar-refractivity contribution in [1.29, 1.82) is 5.26 Å². The van der Waals surface area contributed by atoms with Gasteiger partial charge in [0, 0.05) is 6.54 Å². The summed E-state index contributed by atoms with van der Waals surface area (Å²) >= 11 is 0. The van der Waals surface area contributed by atoms with E-state index in [2.05, 4.69) is 11.4 Å². The van der Waals surface area contributed by atoms with E-state index < -0.39 is 11.5 Å². The lowest BCUT2D eigenvalue weighted by atomic mass is 9.63. The van der Waals surface area contributed by atoms with Gasteiger partial charge >= 0.3 is 0 Å². The van der Waals surface area contributed by atoms with Crippen molar-refractivity contribution in [1.82, 2.24) is 5.32 Å². The van der Waals surface area contributed by atoms with Gasteiger partial charge in [0.1, 0.15) is 5.41 Å². The molecule has 1 rings (SSSR count). The Labute approximate surface area is 90.3 Å². The largest absolute Gasteiger partial charge is 0.393 e. The van der Waals surface area contributed by atoms with Gasteiger partial charge in [-0.2, -0.15) is 5.26 Å². The molecule has 1 aliphatic carbocycles. The van der Waals surface area contributed by atoms with E-state index in [4.69, 9.17) is 10.4 Å². The predicted octanol–water partition coefficient (Wildman–Crippen LogP) is 0.813. The maximum absolute atomic E-state index is 11.7. The van der Waals surface area contributed by atoms with Crippen molar-refractivity contribution in [2.75, 3.05) is 6.54 Å². The van der Waals surface area contributed by atoms with Gasteiger partial charge < -0.3 is 10.4 Å². The number of hydrogen-bond donors (Lipinski definition) is 2. The molecule has 2 N–H and O–H groups in total. The molecule has 4 nitrogen and oxygen atoms in total. The highest BCUT2D eigenvalue weighted by Gasteiger charge is 2.48. The Balaban J connectivity index is 2.37. The number of hydrogen-bond acceptors (Lipinski definition) is 3. The molecule has 15 heavy (non-hydrogen) atoms. The lowest BCUT2D eigenvalue weighted by Crippen LogP contribution is -2.48. The van der Waals surface area contributed by atoms with Crippen LogP contribution in [0.15, 0.2) is 0 Å². The normalized spacial score (nSPS) is 31.2. The van der Waals surface area contributed by atoms with Gasteiger partial charge in [-0.3, -0.25) is 4.79 Å². The van der Waals surface area contributed by atoms with Crippen molar-refractivity contribution in [3.63, 3.8) is 0 Å². The third kappa shape index (κ3) is 2.69. The molecule has 0 aromatic heterocycles. The molecular formula is C11H18N2O2. The maximum atomic E-state index is 11.7. The minimum absolute atomic E-state index is 0.177. The number of nitrogens with one attached hydrogen (secondary N) is 1. The van der Waals surface area contributed by atoms with E-state index in [1.54, 1.807) is 6.92 Å². The van der Waals surface area contributed by atoms with E-state index in [1.165, 1.54) is 0 Å². The van der Waals surface area contributed by atoms with Crippen molar-refractivity contribution in [3.05, 3.63) is 0 Å². The first kappa shape index (κ1) is 12.0. The van der Waals surface area contributed by atoms with E-state index in [0.717, 1.165) is 0 Å². The summed E-state index contributed by atoms with van der Waals surface area (Å²) in [5.41, 5.74) is -0.794. The molecule has 0 aromatic rings. The summed E-state index contributed by atoms with van der Waals surface area (Å²) in [5.74, 6) is 0.288. The average Bonchev–Trinajstić information content (AvgIpc) is 2.11. The van der Waals surface area contributed by atoms with Crippen LogP contribution in [0.4, 0.5) is 0 Å². The van der Waals surface area contributed by atoms with Crippen LogP contribution in [-0.2, 0) is 4.79 Å². The fraction of sp³-hybridized carbons (Fsp3) is 0.818. The van der Waals surface area contributed by atoms with E-state index in [0.29, 0.717) is 31.7 Å². The van der Waals surface area contributed by atoms with Crippen LogP contribution in [0.1, 0.15) is 33.1 Å². The Morgan fingerprint density at radius 1 is 1.73 bits per heavy atom. The number of aliphatic hydroxyl groups is 1. The van der Waals surface area contributed by atoms with Crippen LogP contribution in [0, 0.1) is 22.7 Å². The van der Waals surface area contributed by atoms with Gasteiger partial charge in [-0.05, 0) is 32.1 Å². The van der Waals surface area contributed by atoms with Crippen LogP contribution < -0.4 is 5.32 Å². The monoisotopic (exact) mass is 210 g/mol. The lowest BCUT2D eigenvalue weighted by Gasteiger charge is -2.39. The predicted molar refractivity (Wildman–Crippen MR) is 55.8 cm³/mol. The fourth-order valence-electron chi connectivity index (χ4n) is 2.02. The molecule has 1 aliphatic rings. The Morgan fingerprint density at radius 3 is 2.73 bits per heavy atom. The number of nitriles is 1. The summed E-state index contributed by atoms with van der Waals surface area (Å²) in [4.78, 5) is 11.7. The number of aliphatic hydroxyl groups excluding tert-OH is 1. The number of carbonyl (C=O) groups is 1. The fourth-order valence-corrected chi connectivity index (χ4v) is 2.02. The molecule has 0 saturated heterocycles. The van der Waals surface area contributed by atoms with E-state index in [-0.39, 0.29) is 5.91 Å². The molecule has 0 aliphatic heterocycles. The minimum Gasteiger partial charge on any atom is -0.393 e. The van der Waals surface area contributed by atoms with Crippen LogP contribution in [0.3, 0.4) is 0 Å². The van der Waals surface area contributed by atoms with E-state index in [1.807, 2.05) is 6.92 Å². The Morgan fingerprint density at radius 2 is 2.33 bits per heavy atom. The zero-order valence-corrected chi connectivity index (χ0v) is 9.29. The topological polar surface area (TPSA) is 73.1 Å². The number of amides is 1. The summed E-state index contributed by atoms with van der Waals surface area (Å²) in [6, 6.07) is 2.11. The highest BCUT2D eigenvalue weighted by molar-refractivity contribution is 5.86. The van der Waals surface area contributed by atoms with Crippen LogP contribution in [0.2, 0.25) is 0 Å². The zero-order valence-electron chi connectivity index (χ0n) is 9.29. The highest BCUT2D eigenvalue weighted by Crippen LogP contribution is 2.44. The first-order valence-electron chi connectivity index (χ1n) is 5.38. The van der Waals surface area contributed by atoms with Gasteiger partial charge in [0.15, 0.2) is 0 Å². The number of carbonyl (C=O) groups excluding carboxylic acids is 1. The van der Waals surface area contributed by atoms with E-state index in [9.17, 15) is 4.79 Å². The second-order valence-corrected chi connectivity index (χ2v) is 4.60. The van der Waals surface area contributed by atoms with Gasteiger partial charge in [-0.25, -0.2) is 0 Å². The smallest absolute Gasteiger partial charge is 0.240 e. The molecule has 1 fully saturated rings. The SMILES string of the molecule is CC(O)CCNC(=O)C1(C#N)CC(C)C1. The average molecular weight is 210 g/mol. The van der Waals surface area contributed by atoms with Gasteiger partial charge in [0.05, 0.1) is 12.2 Å². The summed E-state index contributed by atoms with van der Waals surface area (Å²) < 4.78 is 0.